The van der Waals surface area contributed by atoms with Gasteiger partial charge in [0.05, 0.1) is 12.0 Å². The van der Waals surface area contributed by atoms with Crippen molar-refractivity contribution in [3.63, 3.8) is 0 Å². The maximum Gasteiger partial charge on any atom is 0.311 e. The molecular weight excluding hydrogens is 232 g/mol. The zero-order valence-electron chi connectivity index (χ0n) is 11.4. The van der Waals surface area contributed by atoms with E-state index in [1.807, 2.05) is 6.92 Å². The number of tetrazole rings is 1. The Hall–Kier alpha value is -1.46. The highest BCUT2D eigenvalue weighted by molar-refractivity contribution is 5.73. The van der Waals surface area contributed by atoms with Gasteiger partial charge in [-0.3, -0.25) is 4.79 Å². The number of carbonyl (C=O) groups is 1. The van der Waals surface area contributed by atoms with Gasteiger partial charge in [0.1, 0.15) is 0 Å². The molecule has 6 heteroatoms. The lowest BCUT2D eigenvalue weighted by atomic mass is 9.88. The maximum absolute atomic E-state index is 11.3. The van der Waals surface area contributed by atoms with Gasteiger partial charge in [-0.15, -0.1) is 5.10 Å². The summed E-state index contributed by atoms with van der Waals surface area (Å²) in [6, 6.07) is 0. The average Bonchev–Trinajstić information content (AvgIpc) is 2.76. The second-order valence-corrected chi connectivity index (χ2v) is 4.93. The van der Waals surface area contributed by atoms with Gasteiger partial charge in [-0.25, -0.2) is 4.68 Å². The number of hydrogen-bond acceptors (Lipinski definition) is 4. The maximum atomic E-state index is 11.3. The van der Waals surface area contributed by atoms with E-state index in [1.54, 1.807) is 11.6 Å². The van der Waals surface area contributed by atoms with E-state index in [-0.39, 0.29) is 0 Å². The van der Waals surface area contributed by atoms with Gasteiger partial charge in [0.2, 0.25) is 0 Å². The lowest BCUT2D eigenvalue weighted by molar-refractivity contribution is -0.149. The van der Waals surface area contributed by atoms with Gasteiger partial charge >= 0.3 is 5.97 Å². The largest absolute Gasteiger partial charge is 0.481 e. The zero-order chi connectivity index (χ0) is 13.6. The third kappa shape index (κ3) is 3.51. The highest BCUT2D eigenvalue weighted by atomic mass is 16.4. The summed E-state index contributed by atoms with van der Waals surface area (Å²) < 4.78 is 1.63. The van der Waals surface area contributed by atoms with E-state index < -0.39 is 11.4 Å². The van der Waals surface area contributed by atoms with Gasteiger partial charge in [0.15, 0.2) is 5.82 Å². The van der Waals surface area contributed by atoms with Crippen molar-refractivity contribution >= 4 is 5.97 Å². The van der Waals surface area contributed by atoms with Gasteiger partial charge in [0, 0.05) is 6.42 Å². The van der Waals surface area contributed by atoms with Gasteiger partial charge in [-0.2, -0.15) is 0 Å². The topological polar surface area (TPSA) is 80.9 Å². The van der Waals surface area contributed by atoms with Crippen LogP contribution in [0.5, 0.6) is 0 Å². The molecule has 1 atom stereocenters. The first-order chi connectivity index (χ1) is 8.53. The number of aryl methyl sites for hydroxylation is 1. The minimum atomic E-state index is -0.811. The van der Waals surface area contributed by atoms with Crippen LogP contribution < -0.4 is 0 Å². The van der Waals surface area contributed by atoms with Crippen molar-refractivity contribution in [3.05, 3.63) is 5.82 Å². The van der Waals surface area contributed by atoms with Crippen LogP contribution in [0.1, 0.15) is 52.3 Å². The monoisotopic (exact) mass is 254 g/mol. The zero-order valence-corrected chi connectivity index (χ0v) is 11.4. The molecule has 0 bridgehead atoms. The summed E-state index contributed by atoms with van der Waals surface area (Å²) >= 11 is 0. The summed E-state index contributed by atoms with van der Waals surface area (Å²) in [4.78, 5) is 11.3. The molecule has 0 fully saturated rings. The van der Waals surface area contributed by atoms with Crippen LogP contribution >= 0.6 is 0 Å². The van der Waals surface area contributed by atoms with Crippen LogP contribution in [0.15, 0.2) is 0 Å². The molecule has 1 aromatic rings. The first kappa shape index (κ1) is 14.6. The Balaban J connectivity index is 2.72. The van der Waals surface area contributed by atoms with Crippen LogP contribution in [0.25, 0.3) is 0 Å². The molecule has 0 amide bonds. The molecule has 0 spiro atoms. The number of nitrogens with zero attached hydrogens (tertiary/aromatic N) is 4. The summed E-state index contributed by atoms with van der Waals surface area (Å²) in [6.45, 7) is 6.07. The summed E-state index contributed by atoms with van der Waals surface area (Å²) in [5, 5.41) is 20.8. The fraction of sp³-hybridized carbons (Fsp3) is 0.833. The van der Waals surface area contributed by atoms with Crippen LogP contribution in [0.3, 0.4) is 0 Å². The van der Waals surface area contributed by atoms with E-state index in [9.17, 15) is 9.90 Å². The molecule has 102 valence electrons. The van der Waals surface area contributed by atoms with Crippen molar-refractivity contribution in [2.24, 2.45) is 5.41 Å². The summed E-state index contributed by atoms with van der Waals surface area (Å²) in [5.74, 6) is -0.0237. The Morgan fingerprint density at radius 1 is 1.39 bits per heavy atom. The van der Waals surface area contributed by atoms with Crippen LogP contribution in [0.4, 0.5) is 0 Å². The second kappa shape index (κ2) is 6.47. The second-order valence-electron chi connectivity index (χ2n) is 4.93. The Bertz CT molecular complexity index is 391. The Kier molecular flexibility index (Phi) is 5.25. The molecule has 0 aliphatic heterocycles. The third-order valence-corrected chi connectivity index (χ3v) is 3.41. The van der Waals surface area contributed by atoms with E-state index in [2.05, 4.69) is 22.4 Å². The minimum absolute atomic E-state index is 0.327. The number of carboxylic acids is 1. The van der Waals surface area contributed by atoms with E-state index >= 15 is 0 Å². The van der Waals surface area contributed by atoms with E-state index in [0.717, 1.165) is 31.5 Å². The molecule has 0 saturated carbocycles. The molecule has 1 rings (SSSR count). The Morgan fingerprint density at radius 2 is 2.11 bits per heavy atom. The minimum Gasteiger partial charge on any atom is -0.481 e. The molecule has 0 aliphatic rings. The Morgan fingerprint density at radius 3 is 2.67 bits per heavy atom. The molecule has 1 unspecified atom stereocenters. The smallest absolute Gasteiger partial charge is 0.311 e. The van der Waals surface area contributed by atoms with Crippen LogP contribution in [0, 0.1) is 5.41 Å². The third-order valence-electron chi connectivity index (χ3n) is 3.41. The molecule has 0 aliphatic carbocycles. The van der Waals surface area contributed by atoms with Gasteiger partial charge < -0.3 is 5.11 Å². The molecule has 6 nitrogen and oxygen atoms in total. The predicted octanol–water partition coefficient (Wildman–Crippen LogP) is 1.91. The number of aliphatic carboxylic acids is 1. The molecule has 1 aromatic heterocycles. The first-order valence-corrected chi connectivity index (χ1v) is 6.52. The van der Waals surface area contributed by atoms with Gasteiger partial charge in [-0.1, -0.05) is 26.7 Å². The fourth-order valence-corrected chi connectivity index (χ4v) is 1.72. The van der Waals surface area contributed by atoms with Crippen molar-refractivity contribution in [1.82, 2.24) is 20.2 Å². The molecule has 0 radical (unpaired) electrons. The molecule has 18 heavy (non-hydrogen) atoms. The average molecular weight is 254 g/mol. The summed E-state index contributed by atoms with van der Waals surface area (Å²) in [5.41, 5.74) is -0.811. The van der Waals surface area contributed by atoms with Crippen LogP contribution in [-0.4, -0.2) is 31.3 Å². The van der Waals surface area contributed by atoms with Crippen molar-refractivity contribution in [3.8, 4) is 0 Å². The van der Waals surface area contributed by atoms with Crippen molar-refractivity contribution < 1.29 is 9.90 Å². The summed E-state index contributed by atoms with van der Waals surface area (Å²) in [7, 11) is 0. The highest BCUT2D eigenvalue weighted by Gasteiger charge is 2.32. The summed E-state index contributed by atoms with van der Waals surface area (Å²) in [6.07, 6.45) is 4.67. The quantitative estimate of drug-likeness (QED) is 0.717. The highest BCUT2D eigenvalue weighted by Crippen LogP contribution is 2.24. The number of hydrogen-bond donors (Lipinski definition) is 1. The van der Waals surface area contributed by atoms with E-state index in [4.69, 9.17) is 0 Å². The number of unbranched alkanes of at least 4 members (excludes halogenated alkanes) is 2. The van der Waals surface area contributed by atoms with Gasteiger partial charge in [0.25, 0.3) is 0 Å². The van der Waals surface area contributed by atoms with Crippen LogP contribution in [0.2, 0.25) is 0 Å². The Labute approximate surface area is 107 Å². The normalized spacial score (nSPS) is 14.4. The van der Waals surface area contributed by atoms with Crippen molar-refractivity contribution in [2.45, 2.75) is 59.4 Å². The SMILES string of the molecule is CCCCCc1nnnn1CC(C)(CC)C(=O)O. The van der Waals surface area contributed by atoms with Crippen molar-refractivity contribution in [1.29, 1.82) is 0 Å². The fourth-order valence-electron chi connectivity index (χ4n) is 1.72. The van der Waals surface area contributed by atoms with Gasteiger partial charge in [-0.05, 0) is 30.2 Å². The molecular formula is C12H22N4O2. The van der Waals surface area contributed by atoms with Crippen LogP contribution in [-0.2, 0) is 17.8 Å². The van der Waals surface area contributed by atoms with E-state index in [0.29, 0.717) is 13.0 Å². The van der Waals surface area contributed by atoms with E-state index in [1.165, 1.54) is 0 Å². The van der Waals surface area contributed by atoms with Crippen molar-refractivity contribution in [2.75, 3.05) is 0 Å². The molecule has 1 N–H and O–H groups in total. The lowest BCUT2D eigenvalue weighted by Crippen LogP contribution is -2.33. The number of aromatic nitrogens is 4. The lowest BCUT2D eigenvalue weighted by Gasteiger charge is -2.22. The molecule has 0 saturated heterocycles. The number of rotatable bonds is 8. The molecule has 1 heterocycles. The standard InChI is InChI=1S/C12H22N4O2/c1-4-6-7-8-10-13-14-15-16(10)9-12(3,5-2)11(17)18/h4-9H2,1-3H3,(H,17,18). The molecule has 0 aromatic carbocycles. The predicted molar refractivity (Wildman–Crippen MR) is 67.1 cm³/mol. The number of carboxylic acid groups (broad SMARTS) is 1. The first-order valence-electron chi connectivity index (χ1n) is 6.52.